The van der Waals surface area contributed by atoms with E-state index in [1.165, 1.54) is 77.5 Å². The molecule has 2 aliphatic rings. The van der Waals surface area contributed by atoms with Crippen LogP contribution in [0.25, 0.3) is 0 Å². The van der Waals surface area contributed by atoms with Gasteiger partial charge in [0.2, 0.25) is 0 Å². The number of rotatable bonds is 6. The highest BCUT2D eigenvalue weighted by atomic mass is 15.3. The van der Waals surface area contributed by atoms with Crippen molar-refractivity contribution in [1.29, 1.82) is 0 Å². The molecular formula is C22H46N2. The van der Waals surface area contributed by atoms with E-state index in [9.17, 15) is 0 Å². The van der Waals surface area contributed by atoms with Crippen LogP contribution in [0.5, 0.6) is 0 Å². The highest BCUT2D eigenvalue weighted by Gasteiger charge is 2.22. The van der Waals surface area contributed by atoms with Gasteiger partial charge in [-0.3, -0.25) is 9.80 Å². The second kappa shape index (κ2) is 12.3. The van der Waals surface area contributed by atoms with Crippen molar-refractivity contribution in [2.75, 3.05) is 26.2 Å². The summed E-state index contributed by atoms with van der Waals surface area (Å²) in [5.74, 6) is 1.90. The Labute approximate surface area is 153 Å². The largest absolute Gasteiger partial charge is 0.298 e. The molecule has 1 saturated heterocycles. The van der Waals surface area contributed by atoms with Gasteiger partial charge in [-0.1, -0.05) is 65.7 Å². The predicted octanol–water partition coefficient (Wildman–Crippen LogP) is 5.81. The van der Waals surface area contributed by atoms with Gasteiger partial charge in [-0.25, -0.2) is 0 Å². The molecular weight excluding hydrogens is 292 g/mol. The third-order valence-corrected chi connectivity index (χ3v) is 5.66. The molecule has 24 heavy (non-hydrogen) atoms. The second-order valence-electron chi connectivity index (χ2n) is 9.18. The molecule has 0 N–H and O–H groups in total. The zero-order valence-corrected chi connectivity index (χ0v) is 17.7. The van der Waals surface area contributed by atoms with Crippen LogP contribution in [0.1, 0.15) is 92.9 Å². The Balaban J connectivity index is 0.000000648. The van der Waals surface area contributed by atoms with Crippen LogP contribution in [0.2, 0.25) is 0 Å². The predicted molar refractivity (Wildman–Crippen MR) is 109 cm³/mol. The summed E-state index contributed by atoms with van der Waals surface area (Å²) in [6, 6.07) is 1.52. The number of piperazine rings is 1. The van der Waals surface area contributed by atoms with Crippen molar-refractivity contribution in [2.45, 2.75) is 105 Å². The Morgan fingerprint density at radius 2 is 1.25 bits per heavy atom. The van der Waals surface area contributed by atoms with Gasteiger partial charge in [0.05, 0.1) is 0 Å². The van der Waals surface area contributed by atoms with E-state index in [1.54, 1.807) is 0 Å². The van der Waals surface area contributed by atoms with E-state index in [4.69, 9.17) is 0 Å². The monoisotopic (exact) mass is 338 g/mol. The van der Waals surface area contributed by atoms with Crippen LogP contribution < -0.4 is 0 Å². The molecule has 2 nitrogen and oxygen atoms in total. The Morgan fingerprint density at radius 3 is 1.75 bits per heavy atom. The molecule has 0 amide bonds. The molecule has 2 heteroatoms. The van der Waals surface area contributed by atoms with Gasteiger partial charge in [-0.15, -0.1) is 0 Å². The van der Waals surface area contributed by atoms with Crippen LogP contribution in [0.15, 0.2) is 0 Å². The van der Waals surface area contributed by atoms with Crippen molar-refractivity contribution in [2.24, 2.45) is 11.8 Å². The Morgan fingerprint density at radius 1 is 0.750 bits per heavy atom. The van der Waals surface area contributed by atoms with Gasteiger partial charge < -0.3 is 0 Å². The first-order valence-electron chi connectivity index (χ1n) is 10.9. The summed E-state index contributed by atoms with van der Waals surface area (Å²) in [7, 11) is 0. The molecule has 2 fully saturated rings. The molecule has 1 unspecified atom stereocenters. The van der Waals surface area contributed by atoms with Crippen molar-refractivity contribution in [1.82, 2.24) is 9.80 Å². The summed E-state index contributed by atoms with van der Waals surface area (Å²) < 4.78 is 0. The molecule has 0 aromatic rings. The molecule has 0 radical (unpaired) electrons. The zero-order valence-electron chi connectivity index (χ0n) is 17.7. The van der Waals surface area contributed by atoms with Crippen LogP contribution in [-0.2, 0) is 0 Å². The van der Waals surface area contributed by atoms with Crippen LogP contribution in [0.3, 0.4) is 0 Å². The summed E-state index contributed by atoms with van der Waals surface area (Å²) in [4.78, 5) is 5.34. The minimum Gasteiger partial charge on any atom is -0.298 e. The zero-order chi connectivity index (χ0) is 17.9. The molecule has 1 saturated carbocycles. The molecule has 1 heterocycles. The molecule has 1 aliphatic heterocycles. The Kier molecular flexibility index (Phi) is 11.3. The Bertz CT molecular complexity index is 284. The highest BCUT2D eigenvalue weighted by molar-refractivity contribution is 4.78. The lowest BCUT2D eigenvalue weighted by atomic mass is 9.85. The standard InChI is InChI=1S/C18H36N2.C4H10/c1-16(2)19-12-14-20(15-13-19)17(3)8-7-11-18-9-5-4-6-10-18;1-4(2)3/h16-18H,4-15H2,1-3H3;4H,1-3H3. The third-order valence-electron chi connectivity index (χ3n) is 5.66. The molecule has 1 atom stereocenters. The van der Waals surface area contributed by atoms with Gasteiger partial charge in [0.15, 0.2) is 0 Å². The summed E-state index contributed by atoms with van der Waals surface area (Å²) in [5, 5.41) is 0. The van der Waals surface area contributed by atoms with Crippen LogP contribution in [-0.4, -0.2) is 48.1 Å². The third kappa shape index (κ3) is 9.42. The average Bonchev–Trinajstić information content (AvgIpc) is 2.55. The van der Waals surface area contributed by atoms with Crippen molar-refractivity contribution < 1.29 is 0 Å². The van der Waals surface area contributed by atoms with Gasteiger partial charge in [0.25, 0.3) is 0 Å². The maximum absolute atomic E-state index is 2.72. The first kappa shape index (κ1) is 22.0. The number of nitrogens with zero attached hydrogens (tertiary/aromatic N) is 2. The summed E-state index contributed by atoms with van der Waals surface area (Å²) in [6.07, 6.45) is 11.9. The van der Waals surface area contributed by atoms with E-state index >= 15 is 0 Å². The van der Waals surface area contributed by atoms with E-state index in [-0.39, 0.29) is 0 Å². The lowest BCUT2D eigenvalue weighted by molar-refractivity contribution is 0.0792. The maximum Gasteiger partial charge on any atom is 0.0113 e. The second-order valence-corrected chi connectivity index (χ2v) is 9.18. The number of hydrogen-bond donors (Lipinski definition) is 0. The van der Waals surface area contributed by atoms with Crippen molar-refractivity contribution in [3.63, 3.8) is 0 Å². The van der Waals surface area contributed by atoms with Crippen LogP contribution >= 0.6 is 0 Å². The summed E-state index contributed by atoms with van der Waals surface area (Å²) in [5.41, 5.74) is 0. The van der Waals surface area contributed by atoms with Crippen LogP contribution in [0, 0.1) is 11.8 Å². The minimum absolute atomic E-state index is 0.721. The maximum atomic E-state index is 2.72. The fourth-order valence-corrected chi connectivity index (χ4v) is 4.05. The van der Waals surface area contributed by atoms with Gasteiger partial charge in [-0.05, 0) is 39.0 Å². The SMILES string of the molecule is CC(C)C.CC(C)N1CCN(C(C)CCCC2CCCCC2)CC1. The lowest BCUT2D eigenvalue weighted by Crippen LogP contribution is -2.51. The Hall–Kier alpha value is -0.0800. The van der Waals surface area contributed by atoms with E-state index < -0.39 is 0 Å². The average molecular weight is 339 g/mol. The van der Waals surface area contributed by atoms with Gasteiger partial charge >= 0.3 is 0 Å². The van der Waals surface area contributed by atoms with Crippen molar-refractivity contribution in [3.8, 4) is 0 Å². The molecule has 144 valence electrons. The first-order valence-corrected chi connectivity index (χ1v) is 10.9. The molecule has 0 aromatic carbocycles. The number of hydrogen-bond acceptors (Lipinski definition) is 2. The fourth-order valence-electron chi connectivity index (χ4n) is 4.05. The van der Waals surface area contributed by atoms with Crippen molar-refractivity contribution >= 4 is 0 Å². The molecule has 0 aromatic heterocycles. The lowest BCUT2D eigenvalue weighted by Gasteiger charge is -2.40. The first-order chi connectivity index (χ1) is 11.4. The molecule has 0 spiro atoms. The smallest absolute Gasteiger partial charge is 0.0113 e. The van der Waals surface area contributed by atoms with Crippen LogP contribution in [0.4, 0.5) is 0 Å². The van der Waals surface area contributed by atoms with Gasteiger partial charge in [-0.2, -0.15) is 0 Å². The van der Waals surface area contributed by atoms with E-state index in [0.717, 1.165) is 23.9 Å². The van der Waals surface area contributed by atoms with Gasteiger partial charge in [0, 0.05) is 38.3 Å². The molecule has 2 rings (SSSR count). The summed E-state index contributed by atoms with van der Waals surface area (Å²) >= 11 is 0. The van der Waals surface area contributed by atoms with Gasteiger partial charge in [0.1, 0.15) is 0 Å². The normalized spacial score (nSPS) is 22.5. The van der Waals surface area contributed by atoms with Crippen molar-refractivity contribution in [3.05, 3.63) is 0 Å². The molecule has 0 bridgehead atoms. The minimum atomic E-state index is 0.721. The van der Waals surface area contributed by atoms with E-state index in [1.807, 2.05) is 0 Å². The van der Waals surface area contributed by atoms with E-state index in [0.29, 0.717) is 0 Å². The quantitative estimate of drug-likeness (QED) is 0.602. The summed E-state index contributed by atoms with van der Waals surface area (Å²) in [6.45, 7) is 18.7. The highest BCUT2D eigenvalue weighted by Crippen LogP contribution is 2.28. The topological polar surface area (TPSA) is 6.48 Å². The van der Waals surface area contributed by atoms with E-state index in [2.05, 4.69) is 51.3 Å². The fraction of sp³-hybridized carbons (Fsp3) is 1.00. The molecule has 1 aliphatic carbocycles.